The van der Waals surface area contributed by atoms with Gasteiger partial charge >= 0.3 is 0 Å². The summed E-state index contributed by atoms with van der Waals surface area (Å²) in [7, 11) is 1.19. The third-order valence-corrected chi connectivity index (χ3v) is 6.54. The van der Waals surface area contributed by atoms with Crippen molar-refractivity contribution in [1.82, 2.24) is 4.31 Å². The molecule has 0 saturated carbocycles. The second kappa shape index (κ2) is 9.29. The van der Waals surface area contributed by atoms with Gasteiger partial charge in [-0.3, -0.25) is 5.32 Å². The number of anilines is 1. The quantitative estimate of drug-likeness (QED) is 0.679. The van der Waals surface area contributed by atoms with Crippen LogP contribution in [0.25, 0.3) is 0 Å². The fourth-order valence-electron chi connectivity index (χ4n) is 3.04. The molecule has 0 radical (unpaired) electrons. The van der Waals surface area contributed by atoms with Crippen LogP contribution in [0.2, 0.25) is 0 Å². The predicted octanol–water partition coefficient (Wildman–Crippen LogP) is 1.16. The summed E-state index contributed by atoms with van der Waals surface area (Å²) in [5.41, 5.74) is 0.864. The minimum atomic E-state index is -3.53. The van der Waals surface area contributed by atoms with E-state index in [2.05, 4.69) is 10.3 Å². The molecule has 2 aromatic rings. The van der Waals surface area contributed by atoms with Crippen molar-refractivity contribution in [2.24, 2.45) is 0 Å². The van der Waals surface area contributed by atoms with Gasteiger partial charge in [-0.2, -0.15) is 4.31 Å². The maximum Gasteiger partial charge on any atom is 0.272 e. The van der Waals surface area contributed by atoms with E-state index < -0.39 is 10.0 Å². The molecule has 3 rings (SSSR count). The van der Waals surface area contributed by atoms with Crippen molar-refractivity contribution < 1.29 is 32.3 Å². The van der Waals surface area contributed by atoms with Gasteiger partial charge in [0.1, 0.15) is 23.4 Å². The number of ether oxygens (including phenoxy) is 4. The highest BCUT2D eigenvalue weighted by molar-refractivity contribution is 7.89. The number of sulfonamides is 1. The lowest BCUT2D eigenvalue weighted by Gasteiger charge is -2.25. The predicted molar refractivity (Wildman–Crippen MR) is 106 cm³/mol. The first kappa shape index (κ1) is 21.2. The number of benzene rings is 1. The van der Waals surface area contributed by atoms with Crippen LogP contribution in [0.5, 0.6) is 17.2 Å². The van der Waals surface area contributed by atoms with Crippen molar-refractivity contribution in [3.05, 3.63) is 36.0 Å². The number of morpholine rings is 1. The summed E-state index contributed by atoms with van der Waals surface area (Å²) in [5.74, 6) is 2.50. The van der Waals surface area contributed by atoms with Crippen LogP contribution in [0.4, 0.5) is 5.82 Å². The number of hydrogen-bond donors (Lipinski definition) is 1. The zero-order valence-electron chi connectivity index (χ0n) is 16.7. The molecule has 0 unspecified atom stereocenters. The Morgan fingerprint density at radius 1 is 1.03 bits per heavy atom. The number of H-pyrrole nitrogens is 1. The van der Waals surface area contributed by atoms with Crippen molar-refractivity contribution >= 4 is 15.8 Å². The highest BCUT2D eigenvalue weighted by atomic mass is 32.2. The van der Waals surface area contributed by atoms with Gasteiger partial charge in [-0.25, -0.2) is 13.4 Å². The zero-order valence-corrected chi connectivity index (χ0v) is 17.5. The van der Waals surface area contributed by atoms with Crippen LogP contribution in [0, 0.1) is 0 Å². The number of methoxy groups -OCH3 is 3. The molecule has 1 aliphatic rings. The summed E-state index contributed by atoms with van der Waals surface area (Å²) in [6.45, 7) is 1.99. The highest BCUT2D eigenvalue weighted by Gasteiger charge is 2.27. The van der Waals surface area contributed by atoms with E-state index in [0.717, 1.165) is 5.56 Å². The molecule has 1 aliphatic heterocycles. The van der Waals surface area contributed by atoms with E-state index in [1.165, 1.54) is 10.5 Å². The van der Waals surface area contributed by atoms with Crippen molar-refractivity contribution in [3.63, 3.8) is 0 Å². The van der Waals surface area contributed by atoms with Gasteiger partial charge in [0, 0.05) is 30.8 Å². The molecule has 9 nitrogen and oxygen atoms in total. The van der Waals surface area contributed by atoms with Crippen LogP contribution in [-0.2, 0) is 21.3 Å². The molecule has 2 N–H and O–H groups in total. The Morgan fingerprint density at radius 2 is 1.69 bits per heavy atom. The van der Waals surface area contributed by atoms with Crippen LogP contribution < -0.4 is 24.5 Å². The number of aromatic nitrogens is 1. The van der Waals surface area contributed by atoms with E-state index in [-0.39, 0.29) is 4.90 Å². The van der Waals surface area contributed by atoms with Crippen LogP contribution in [-0.4, -0.2) is 60.4 Å². The lowest BCUT2D eigenvalue weighted by molar-refractivity contribution is -0.364. The summed E-state index contributed by atoms with van der Waals surface area (Å²) in [6.07, 6.45) is 1.49. The standard InChI is InChI=1S/C19H25N3O6S/c1-25-16-11-18(27-3)17(26-2)10-14(16)12-20-19-5-4-15(13-21-19)29(23,24)22-6-8-28-9-7-22/h4-5,10-11,13H,6-9,12H2,1-3H3,(H,20,21)/p+1. The third-order valence-electron chi connectivity index (χ3n) is 4.65. The third kappa shape index (κ3) is 4.72. The maximum atomic E-state index is 12.7. The molecule has 0 bridgehead atoms. The number of aromatic amines is 1. The fraction of sp³-hybridized carbons (Fsp3) is 0.421. The molecule has 1 saturated heterocycles. The molecule has 0 atom stereocenters. The Balaban J connectivity index is 1.72. The number of pyridine rings is 1. The van der Waals surface area contributed by atoms with Gasteiger partial charge in [0.25, 0.3) is 5.82 Å². The Kier molecular flexibility index (Phi) is 6.78. The van der Waals surface area contributed by atoms with Crippen molar-refractivity contribution in [3.8, 4) is 17.2 Å². The fourth-order valence-corrected chi connectivity index (χ4v) is 4.41. The van der Waals surface area contributed by atoms with Crippen LogP contribution >= 0.6 is 0 Å². The Hall–Kier alpha value is -2.56. The summed E-state index contributed by atoms with van der Waals surface area (Å²) >= 11 is 0. The lowest BCUT2D eigenvalue weighted by Crippen LogP contribution is -2.40. The molecule has 1 aromatic heterocycles. The second-order valence-corrected chi connectivity index (χ2v) is 8.27. The van der Waals surface area contributed by atoms with Gasteiger partial charge in [-0.15, -0.1) is 0 Å². The second-order valence-electron chi connectivity index (χ2n) is 6.33. The van der Waals surface area contributed by atoms with Crippen LogP contribution in [0.3, 0.4) is 0 Å². The van der Waals surface area contributed by atoms with E-state index in [4.69, 9.17) is 18.9 Å². The average molecular weight is 424 g/mol. The van der Waals surface area contributed by atoms with Crippen molar-refractivity contribution in [1.29, 1.82) is 0 Å². The molecule has 158 valence electrons. The monoisotopic (exact) mass is 424 g/mol. The molecule has 29 heavy (non-hydrogen) atoms. The number of hydrogen-bond acceptors (Lipinski definition) is 7. The minimum absolute atomic E-state index is 0.216. The first-order valence-electron chi connectivity index (χ1n) is 9.12. The number of nitrogens with one attached hydrogen (secondary N) is 2. The zero-order chi connectivity index (χ0) is 20.9. The highest BCUT2D eigenvalue weighted by Crippen LogP contribution is 2.34. The Labute approximate surface area is 170 Å². The summed E-state index contributed by atoms with van der Waals surface area (Å²) < 4.78 is 48.1. The molecule has 0 amide bonds. The van der Waals surface area contributed by atoms with E-state index in [9.17, 15) is 8.42 Å². The molecular formula is C19H26N3O6S+. The minimum Gasteiger partial charge on any atom is -0.496 e. The molecular weight excluding hydrogens is 398 g/mol. The van der Waals surface area contributed by atoms with Crippen LogP contribution in [0.15, 0.2) is 35.4 Å². The first-order valence-corrected chi connectivity index (χ1v) is 10.6. The van der Waals surface area contributed by atoms with E-state index in [0.29, 0.717) is 55.9 Å². The van der Waals surface area contributed by atoms with Gasteiger partial charge in [0.05, 0.1) is 34.5 Å². The van der Waals surface area contributed by atoms with Gasteiger partial charge < -0.3 is 18.9 Å². The summed E-state index contributed by atoms with van der Waals surface area (Å²) in [5, 5.41) is 3.22. The van der Waals surface area contributed by atoms with E-state index in [1.807, 2.05) is 6.07 Å². The normalized spacial score (nSPS) is 15.0. The summed E-state index contributed by atoms with van der Waals surface area (Å²) in [4.78, 5) is 3.21. The van der Waals surface area contributed by atoms with E-state index in [1.54, 1.807) is 39.5 Å². The molecule has 2 heterocycles. The SMILES string of the molecule is COc1cc(OC)c(OC)cc1CNc1ccc(S(=O)(=O)N2CCOCC2)c[nH+]1. The molecule has 0 spiro atoms. The Bertz CT molecular complexity index is 928. The van der Waals surface area contributed by atoms with Gasteiger partial charge in [0.2, 0.25) is 10.0 Å². The largest absolute Gasteiger partial charge is 0.496 e. The van der Waals surface area contributed by atoms with Crippen LogP contribution in [0.1, 0.15) is 5.56 Å². The topological polar surface area (TPSA) is 100 Å². The lowest BCUT2D eigenvalue weighted by atomic mass is 10.1. The number of nitrogens with zero attached hydrogens (tertiary/aromatic N) is 1. The molecule has 10 heteroatoms. The summed E-state index contributed by atoms with van der Waals surface area (Å²) in [6, 6.07) is 6.87. The molecule has 1 aromatic carbocycles. The van der Waals surface area contributed by atoms with Gasteiger partial charge in [0.15, 0.2) is 11.5 Å². The van der Waals surface area contributed by atoms with Crippen molar-refractivity contribution in [2.45, 2.75) is 11.4 Å². The van der Waals surface area contributed by atoms with Gasteiger partial charge in [-0.05, 0) is 12.1 Å². The maximum absolute atomic E-state index is 12.7. The molecule has 0 aliphatic carbocycles. The Morgan fingerprint density at radius 3 is 2.28 bits per heavy atom. The number of rotatable bonds is 8. The molecule has 1 fully saturated rings. The first-order chi connectivity index (χ1) is 14.0. The van der Waals surface area contributed by atoms with Gasteiger partial charge in [-0.1, -0.05) is 0 Å². The van der Waals surface area contributed by atoms with E-state index >= 15 is 0 Å². The smallest absolute Gasteiger partial charge is 0.272 e. The average Bonchev–Trinajstić information content (AvgIpc) is 2.77. The van der Waals surface area contributed by atoms with Crippen molar-refractivity contribution in [2.75, 3.05) is 52.9 Å².